The molecule has 0 unspecified atom stereocenters. The van der Waals surface area contributed by atoms with Gasteiger partial charge in [-0.05, 0) is 61.0 Å². The number of esters is 1. The first-order valence-corrected chi connectivity index (χ1v) is 10.1. The van der Waals surface area contributed by atoms with Gasteiger partial charge in [0.15, 0.2) is 11.6 Å². The molecule has 0 radical (unpaired) electrons. The van der Waals surface area contributed by atoms with Crippen LogP contribution >= 0.6 is 0 Å². The lowest BCUT2D eigenvalue weighted by atomic mass is 10.0. The Morgan fingerprint density at radius 1 is 0.857 bits per heavy atom. The normalized spacial score (nSPS) is 11.9. The first kappa shape index (κ1) is 25.4. The number of carbonyl (C=O) groups excluding carboxylic acids is 1. The number of allylic oxidation sites excluding steroid dienone is 1. The fraction of sp³-hybridized carbons (Fsp3) is 0.160. The van der Waals surface area contributed by atoms with Crippen molar-refractivity contribution in [3.63, 3.8) is 0 Å². The van der Waals surface area contributed by atoms with Gasteiger partial charge < -0.3 is 24.3 Å². The standard InChI is InChI=1S/C25H21F4NO5/c1-15(30-17-6-13-21(26)22(14-17)32-2)23(24(31)33-3)16-4-7-18(8-5-16)34-19-9-11-20(12-10-19)35-25(27,28)29/h4-14,30H,1-3H3/b23-15-. The molecule has 0 aliphatic rings. The van der Waals surface area contributed by atoms with E-state index in [4.69, 9.17) is 14.2 Å². The van der Waals surface area contributed by atoms with Crippen LogP contribution in [0.15, 0.2) is 72.4 Å². The highest BCUT2D eigenvalue weighted by Crippen LogP contribution is 2.30. The predicted octanol–water partition coefficient (Wildman–Crippen LogP) is 6.54. The summed E-state index contributed by atoms with van der Waals surface area (Å²) in [6.45, 7) is 1.66. The van der Waals surface area contributed by atoms with E-state index in [-0.39, 0.29) is 17.1 Å². The number of alkyl halides is 3. The highest BCUT2D eigenvalue weighted by molar-refractivity contribution is 6.17. The smallest absolute Gasteiger partial charge is 0.494 e. The summed E-state index contributed by atoms with van der Waals surface area (Å²) in [5, 5.41) is 3.04. The fourth-order valence-corrected chi connectivity index (χ4v) is 3.14. The SMILES string of the molecule is COC(=O)/C(=C(/C)Nc1ccc(F)c(OC)c1)c1ccc(Oc2ccc(OC(F)(F)F)cc2)cc1. The number of methoxy groups -OCH3 is 2. The Bertz CT molecular complexity index is 1210. The van der Waals surface area contributed by atoms with Crippen molar-refractivity contribution >= 4 is 17.2 Å². The van der Waals surface area contributed by atoms with Crippen molar-refractivity contribution in [2.75, 3.05) is 19.5 Å². The molecule has 0 heterocycles. The molecule has 0 aliphatic carbocycles. The van der Waals surface area contributed by atoms with E-state index in [0.29, 0.717) is 28.4 Å². The molecule has 0 atom stereocenters. The molecule has 0 amide bonds. The molecule has 0 aromatic heterocycles. The van der Waals surface area contributed by atoms with E-state index >= 15 is 0 Å². The third-order valence-electron chi connectivity index (χ3n) is 4.68. The van der Waals surface area contributed by atoms with Gasteiger partial charge in [-0.25, -0.2) is 9.18 Å². The molecule has 0 fully saturated rings. The maximum Gasteiger partial charge on any atom is 0.573 e. The Morgan fingerprint density at radius 3 is 1.97 bits per heavy atom. The molecule has 6 nitrogen and oxygen atoms in total. The Labute approximate surface area is 198 Å². The molecule has 3 aromatic carbocycles. The summed E-state index contributed by atoms with van der Waals surface area (Å²) in [6, 6.07) is 15.6. The molecule has 0 spiro atoms. The zero-order chi connectivity index (χ0) is 25.6. The number of rotatable bonds is 8. The van der Waals surface area contributed by atoms with Crippen molar-refractivity contribution in [3.8, 4) is 23.0 Å². The van der Waals surface area contributed by atoms with Crippen molar-refractivity contribution in [2.45, 2.75) is 13.3 Å². The van der Waals surface area contributed by atoms with E-state index in [1.807, 2.05) is 0 Å². The summed E-state index contributed by atoms with van der Waals surface area (Å²) in [5.41, 5.74) is 1.69. The van der Waals surface area contributed by atoms with Gasteiger partial charge in [-0.15, -0.1) is 13.2 Å². The van der Waals surface area contributed by atoms with Crippen molar-refractivity contribution in [1.29, 1.82) is 0 Å². The monoisotopic (exact) mass is 491 g/mol. The summed E-state index contributed by atoms with van der Waals surface area (Å²) in [7, 11) is 2.60. The lowest BCUT2D eigenvalue weighted by Gasteiger charge is -2.15. The molecule has 0 saturated carbocycles. The molecule has 0 bridgehead atoms. The van der Waals surface area contributed by atoms with Crippen molar-refractivity contribution < 1.29 is 41.3 Å². The first-order chi connectivity index (χ1) is 16.6. The van der Waals surface area contributed by atoms with E-state index in [1.54, 1.807) is 31.2 Å². The second-order valence-electron chi connectivity index (χ2n) is 7.11. The van der Waals surface area contributed by atoms with Crippen molar-refractivity contribution in [2.24, 2.45) is 0 Å². The lowest BCUT2D eigenvalue weighted by molar-refractivity contribution is -0.274. The van der Waals surface area contributed by atoms with Crippen LogP contribution in [0.25, 0.3) is 5.57 Å². The third kappa shape index (κ3) is 6.89. The molecule has 184 valence electrons. The van der Waals surface area contributed by atoms with Crippen LogP contribution in [-0.2, 0) is 9.53 Å². The van der Waals surface area contributed by atoms with Gasteiger partial charge in [-0.1, -0.05) is 12.1 Å². The number of hydrogen-bond donors (Lipinski definition) is 1. The molecule has 1 N–H and O–H groups in total. The second-order valence-corrected chi connectivity index (χ2v) is 7.11. The molecule has 35 heavy (non-hydrogen) atoms. The quantitative estimate of drug-likeness (QED) is 0.219. The van der Waals surface area contributed by atoms with Crippen LogP contribution in [0.2, 0.25) is 0 Å². The van der Waals surface area contributed by atoms with Gasteiger partial charge in [-0.3, -0.25) is 0 Å². The highest BCUT2D eigenvalue weighted by Gasteiger charge is 2.31. The second kappa shape index (κ2) is 10.8. The summed E-state index contributed by atoms with van der Waals surface area (Å²) < 4.78 is 69.9. The van der Waals surface area contributed by atoms with Crippen LogP contribution < -0.4 is 19.5 Å². The maximum absolute atomic E-state index is 13.7. The first-order valence-electron chi connectivity index (χ1n) is 10.1. The van der Waals surface area contributed by atoms with Gasteiger partial charge in [-0.2, -0.15) is 0 Å². The molecule has 3 aromatic rings. The van der Waals surface area contributed by atoms with Crippen LogP contribution in [0, 0.1) is 5.82 Å². The molecular weight excluding hydrogens is 470 g/mol. The van der Waals surface area contributed by atoms with Gasteiger partial charge in [0.2, 0.25) is 0 Å². The Balaban J connectivity index is 1.80. The fourth-order valence-electron chi connectivity index (χ4n) is 3.14. The summed E-state index contributed by atoms with van der Waals surface area (Å²) in [4.78, 5) is 12.5. The molecule has 10 heteroatoms. The number of nitrogens with one attached hydrogen (secondary N) is 1. The topological polar surface area (TPSA) is 66.0 Å². The van der Waals surface area contributed by atoms with Crippen LogP contribution in [0.4, 0.5) is 23.2 Å². The molecule has 3 rings (SSSR count). The van der Waals surface area contributed by atoms with Crippen molar-refractivity contribution in [1.82, 2.24) is 0 Å². The maximum atomic E-state index is 13.7. The number of hydrogen-bond acceptors (Lipinski definition) is 6. The Hall–Kier alpha value is -4.21. The number of benzene rings is 3. The van der Waals surface area contributed by atoms with Gasteiger partial charge in [0.05, 0.1) is 19.8 Å². The lowest BCUT2D eigenvalue weighted by Crippen LogP contribution is -2.16. The third-order valence-corrected chi connectivity index (χ3v) is 4.68. The number of halogens is 4. The number of ether oxygens (including phenoxy) is 4. The Morgan fingerprint density at radius 2 is 1.43 bits per heavy atom. The minimum absolute atomic E-state index is 0.0434. The van der Waals surface area contributed by atoms with Crippen LogP contribution in [-0.4, -0.2) is 26.6 Å². The summed E-state index contributed by atoms with van der Waals surface area (Å²) >= 11 is 0. The van der Waals surface area contributed by atoms with E-state index in [2.05, 4.69) is 10.1 Å². The highest BCUT2D eigenvalue weighted by atomic mass is 19.4. The van der Waals surface area contributed by atoms with E-state index < -0.39 is 18.1 Å². The van der Waals surface area contributed by atoms with E-state index in [9.17, 15) is 22.4 Å². The van der Waals surface area contributed by atoms with Crippen LogP contribution in [0.3, 0.4) is 0 Å². The largest absolute Gasteiger partial charge is 0.573 e. The van der Waals surface area contributed by atoms with Gasteiger partial charge >= 0.3 is 12.3 Å². The van der Waals surface area contributed by atoms with Gasteiger partial charge in [0.1, 0.15) is 17.2 Å². The van der Waals surface area contributed by atoms with Crippen LogP contribution in [0.1, 0.15) is 12.5 Å². The molecular formula is C25H21F4NO5. The zero-order valence-corrected chi connectivity index (χ0v) is 18.9. The molecule has 0 saturated heterocycles. The summed E-state index contributed by atoms with van der Waals surface area (Å²) in [5.74, 6) is -0.767. The predicted molar refractivity (Wildman–Crippen MR) is 121 cm³/mol. The minimum Gasteiger partial charge on any atom is -0.494 e. The minimum atomic E-state index is -4.78. The average molecular weight is 491 g/mol. The zero-order valence-electron chi connectivity index (χ0n) is 18.9. The molecule has 0 aliphatic heterocycles. The van der Waals surface area contributed by atoms with E-state index in [1.165, 1.54) is 44.6 Å². The summed E-state index contributed by atoms with van der Waals surface area (Å²) in [6.07, 6.45) is -4.78. The van der Waals surface area contributed by atoms with Crippen LogP contribution in [0.5, 0.6) is 23.0 Å². The number of anilines is 1. The van der Waals surface area contributed by atoms with Gasteiger partial charge in [0.25, 0.3) is 0 Å². The average Bonchev–Trinajstić information content (AvgIpc) is 2.81. The number of carbonyl (C=O) groups is 1. The van der Waals surface area contributed by atoms with E-state index in [0.717, 1.165) is 12.1 Å². The van der Waals surface area contributed by atoms with Gasteiger partial charge in [0, 0.05) is 17.5 Å². The Kier molecular flexibility index (Phi) is 7.85. The van der Waals surface area contributed by atoms with Crippen molar-refractivity contribution in [3.05, 3.63) is 83.8 Å².